The summed E-state index contributed by atoms with van der Waals surface area (Å²) in [6.07, 6.45) is 3.99. The number of aromatic nitrogens is 4. The molecule has 6 heteroatoms. The van der Waals surface area contributed by atoms with Gasteiger partial charge in [-0.05, 0) is 28.7 Å². The molecule has 2 atom stereocenters. The molecular weight excluding hydrogens is 230 g/mol. The molecule has 1 aliphatic rings. The van der Waals surface area contributed by atoms with E-state index in [1.165, 1.54) is 19.3 Å². The van der Waals surface area contributed by atoms with Crippen LogP contribution in [0.2, 0.25) is 0 Å². The second-order valence-corrected chi connectivity index (χ2v) is 5.12. The van der Waals surface area contributed by atoms with Crippen LogP contribution in [0.25, 0.3) is 0 Å². The van der Waals surface area contributed by atoms with E-state index in [0.29, 0.717) is 13.2 Å². The molecule has 0 amide bonds. The standard InChI is InChI=1S/C12H23N5O/c1-10-4-3-5-11(10)9-17-12(14-15-16-17)8-13-6-7-18-2/h10-11,13H,3-9H2,1-2H3. The summed E-state index contributed by atoms with van der Waals surface area (Å²) >= 11 is 0. The zero-order valence-electron chi connectivity index (χ0n) is 11.3. The molecule has 102 valence electrons. The summed E-state index contributed by atoms with van der Waals surface area (Å²) < 4.78 is 6.94. The van der Waals surface area contributed by atoms with Crippen molar-refractivity contribution in [3.8, 4) is 0 Å². The number of nitrogens with zero attached hydrogens (tertiary/aromatic N) is 4. The maximum Gasteiger partial charge on any atom is 0.165 e. The number of rotatable bonds is 7. The van der Waals surface area contributed by atoms with Crippen LogP contribution in [0.1, 0.15) is 32.0 Å². The molecule has 18 heavy (non-hydrogen) atoms. The Morgan fingerprint density at radius 2 is 2.33 bits per heavy atom. The smallest absolute Gasteiger partial charge is 0.165 e. The van der Waals surface area contributed by atoms with Gasteiger partial charge in [-0.2, -0.15) is 0 Å². The Kier molecular flexibility index (Phi) is 5.07. The summed E-state index contributed by atoms with van der Waals surface area (Å²) in [7, 11) is 1.70. The third-order valence-electron chi connectivity index (χ3n) is 3.82. The van der Waals surface area contributed by atoms with Crippen LogP contribution in [-0.4, -0.2) is 40.5 Å². The van der Waals surface area contributed by atoms with Gasteiger partial charge in [0, 0.05) is 20.2 Å². The molecule has 1 N–H and O–H groups in total. The predicted octanol–water partition coefficient (Wildman–Crippen LogP) is 0.845. The third-order valence-corrected chi connectivity index (χ3v) is 3.82. The Morgan fingerprint density at radius 3 is 3.06 bits per heavy atom. The molecule has 0 bridgehead atoms. The van der Waals surface area contributed by atoms with Crippen molar-refractivity contribution in [2.24, 2.45) is 11.8 Å². The molecule has 6 nitrogen and oxygen atoms in total. The minimum atomic E-state index is 0.706. The highest BCUT2D eigenvalue weighted by molar-refractivity contribution is 4.83. The first-order valence-corrected chi connectivity index (χ1v) is 6.76. The van der Waals surface area contributed by atoms with Crippen molar-refractivity contribution >= 4 is 0 Å². The zero-order valence-corrected chi connectivity index (χ0v) is 11.3. The SMILES string of the molecule is COCCNCc1nnnn1CC1CCCC1C. The fourth-order valence-corrected chi connectivity index (χ4v) is 2.58. The van der Waals surface area contributed by atoms with Crippen LogP contribution in [0, 0.1) is 11.8 Å². The normalized spacial score (nSPS) is 23.7. The lowest BCUT2D eigenvalue weighted by Crippen LogP contribution is -2.23. The molecule has 0 spiro atoms. The van der Waals surface area contributed by atoms with E-state index in [9.17, 15) is 0 Å². The fraction of sp³-hybridized carbons (Fsp3) is 0.917. The Labute approximate surface area is 108 Å². The van der Waals surface area contributed by atoms with Gasteiger partial charge in [-0.15, -0.1) is 5.10 Å². The monoisotopic (exact) mass is 253 g/mol. The number of methoxy groups -OCH3 is 1. The van der Waals surface area contributed by atoms with Gasteiger partial charge < -0.3 is 10.1 Å². The molecule has 1 aromatic rings. The number of ether oxygens (including phenoxy) is 1. The molecule has 0 radical (unpaired) electrons. The molecule has 1 heterocycles. The number of hydrogen-bond acceptors (Lipinski definition) is 5. The van der Waals surface area contributed by atoms with Crippen LogP contribution < -0.4 is 5.32 Å². The van der Waals surface area contributed by atoms with Crippen molar-refractivity contribution in [3.05, 3.63) is 5.82 Å². The van der Waals surface area contributed by atoms with Gasteiger partial charge in [0.25, 0.3) is 0 Å². The maximum absolute atomic E-state index is 4.99. The average Bonchev–Trinajstić information content (AvgIpc) is 2.96. The van der Waals surface area contributed by atoms with E-state index < -0.39 is 0 Å². The van der Waals surface area contributed by atoms with Crippen molar-refractivity contribution in [2.45, 2.75) is 39.3 Å². The summed E-state index contributed by atoms with van der Waals surface area (Å²) in [5.74, 6) is 2.44. The van der Waals surface area contributed by atoms with Crippen LogP contribution in [0.5, 0.6) is 0 Å². The number of nitrogens with one attached hydrogen (secondary N) is 1. The molecule has 0 saturated heterocycles. The summed E-state index contributed by atoms with van der Waals surface area (Å²) in [5.41, 5.74) is 0. The third kappa shape index (κ3) is 3.49. The molecule has 1 fully saturated rings. The first-order valence-electron chi connectivity index (χ1n) is 6.76. The van der Waals surface area contributed by atoms with Crippen molar-refractivity contribution in [3.63, 3.8) is 0 Å². The molecule has 0 aromatic carbocycles. The largest absolute Gasteiger partial charge is 0.383 e. The first-order chi connectivity index (χ1) is 8.81. The molecule has 1 saturated carbocycles. The molecule has 2 rings (SSSR count). The zero-order chi connectivity index (χ0) is 12.8. The van der Waals surface area contributed by atoms with Crippen LogP contribution >= 0.6 is 0 Å². The van der Waals surface area contributed by atoms with Crippen molar-refractivity contribution in [1.82, 2.24) is 25.5 Å². The lowest BCUT2D eigenvalue weighted by atomic mass is 9.98. The van der Waals surface area contributed by atoms with Gasteiger partial charge in [0.1, 0.15) is 0 Å². The highest BCUT2D eigenvalue weighted by Gasteiger charge is 2.24. The Bertz CT molecular complexity index is 354. The lowest BCUT2D eigenvalue weighted by Gasteiger charge is -2.15. The van der Waals surface area contributed by atoms with Gasteiger partial charge in [-0.3, -0.25) is 0 Å². The Morgan fingerprint density at radius 1 is 1.44 bits per heavy atom. The second-order valence-electron chi connectivity index (χ2n) is 5.12. The van der Waals surface area contributed by atoms with Gasteiger partial charge >= 0.3 is 0 Å². The van der Waals surface area contributed by atoms with Crippen LogP contribution in [0.3, 0.4) is 0 Å². The van der Waals surface area contributed by atoms with E-state index in [4.69, 9.17) is 4.74 Å². The van der Waals surface area contributed by atoms with Gasteiger partial charge in [-0.1, -0.05) is 19.8 Å². The minimum absolute atomic E-state index is 0.706. The van der Waals surface area contributed by atoms with E-state index in [1.54, 1.807) is 7.11 Å². The van der Waals surface area contributed by atoms with Crippen molar-refractivity contribution < 1.29 is 4.74 Å². The van der Waals surface area contributed by atoms with Crippen LogP contribution in [0.4, 0.5) is 0 Å². The number of tetrazole rings is 1. The minimum Gasteiger partial charge on any atom is -0.383 e. The molecular formula is C12H23N5O. The summed E-state index contributed by atoms with van der Waals surface area (Å²) in [6.45, 7) is 5.52. The predicted molar refractivity (Wildman–Crippen MR) is 67.9 cm³/mol. The van der Waals surface area contributed by atoms with Gasteiger partial charge in [0.05, 0.1) is 13.2 Å². The topological polar surface area (TPSA) is 64.9 Å². The highest BCUT2D eigenvalue weighted by atomic mass is 16.5. The summed E-state index contributed by atoms with van der Waals surface area (Å²) in [4.78, 5) is 0. The second kappa shape index (κ2) is 6.80. The fourth-order valence-electron chi connectivity index (χ4n) is 2.58. The van der Waals surface area contributed by atoms with Crippen molar-refractivity contribution in [2.75, 3.05) is 20.3 Å². The van der Waals surface area contributed by atoms with Gasteiger partial charge in [-0.25, -0.2) is 4.68 Å². The van der Waals surface area contributed by atoms with E-state index in [1.807, 2.05) is 4.68 Å². The average molecular weight is 253 g/mol. The van der Waals surface area contributed by atoms with Gasteiger partial charge in [0.15, 0.2) is 5.82 Å². The maximum atomic E-state index is 4.99. The van der Waals surface area contributed by atoms with Crippen molar-refractivity contribution in [1.29, 1.82) is 0 Å². The molecule has 0 aliphatic heterocycles. The number of hydrogen-bond donors (Lipinski definition) is 1. The van der Waals surface area contributed by atoms with Crippen LogP contribution in [-0.2, 0) is 17.8 Å². The van der Waals surface area contributed by atoms with Gasteiger partial charge in [0.2, 0.25) is 0 Å². The first kappa shape index (κ1) is 13.4. The molecule has 1 aromatic heterocycles. The summed E-state index contributed by atoms with van der Waals surface area (Å²) in [6, 6.07) is 0. The highest BCUT2D eigenvalue weighted by Crippen LogP contribution is 2.32. The lowest BCUT2D eigenvalue weighted by molar-refractivity contribution is 0.198. The van der Waals surface area contributed by atoms with E-state index >= 15 is 0 Å². The molecule has 1 aliphatic carbocycles. The quantitative estimate of drug-likeness (QED) is 0.730. The Hall–Kier alpha value is -1.01. The Balaban J connectivity index is 1.83. The van der Waals surface area contributed by atoms with E-state index in [2.05, 4.69) is 27.8 Å². The molecule has 2 unspecified atom stereocenters. The summed E-state index contributed by atoms with van der Waals surface area (Å²) in [5, 5.41) is 15.2. The van der Waals surface area contributed by atoms with E-state index in [-0.39, 0.29) is 0 Å². The van der Waals surface area contributed by atoms with E-state index in [0.717, 1.165) is 30.7 Å². The van der Waals surface area contributed by atoms with Crippen LogP contribution in [0.15, 0.2) is 0 Å².